The molecule has 0 aliphatic carbocycles. The molecule has 0 spiro atoms. The third-order valence-electron chi connectivity index (χ3n) is 3.97. The monoisotopic (exact) mass is 299 g/mol. The summed E-state index contributed by atoms with van der Waals surface area (Å²) in [5.74, 6) is 1.93. The second-order valence-corrected chi connectivity index (χ2v) is 5.26. The maximum atomic E-state index is 5.88. The van der Waals surface area contributed by atoms with Crippen LogP contribution in [0.2, 0.25) is 0 Å². The number of nitrogens with zero attached hydrogens (tertiary/aromatic N) is 3. The maximum absolute atomic E-state index is 5.88. The van der Waals surface area contributed by atoms with Crippen molar-refractivity contribution < 1.29 is 9.47 Å². The molecule has 0 amide bonds. The number of anilines is 2. The van der Waals surface area contributed by atoms with Gasteiger partial charge in [-0.1, -0.05) is 0 Å². The predicted molar refractivity (Wildman–Crippen MR) is 85.4 cm³/mol. The second kappa shape index (κ2) is 5.03. The first-order valence-corrected chi connectivity index (χ1v) is 7.22. The van der Waals surface area contributed by atoms with Crippen LogP contribution < -0.4 is 15.4 Å². The van der Waals surface area contributed by atoms with Gasteiger partial charge in [0.25, 0.3) is 0 Å². The number of hydrogen-bond acceptors (Lipinski definition) is 6. The van der Waals surface area contributed by atoms with Crippen molar-refractivity contribution in [1.82, 2.24) is 15.0 Å². The highest BCUT2D eigenvalue weighted by atomic mass is 16.5. The molecule has 0 unspecified atom stereocenters. The average Bonchev–Trinajstić information content (AvgIpc) is 2.91. The van der Waals surface area contributed by atoms with Crippen LogP contribution in [0.25, 0.3) is 21.9 Å². The lowest BCUT2D eigenvalue weighted by atomic mass is 10.2. The lowest BCUT2D eigenvalue weighted by Gasteiger charge is -2.28. The Morgan fingerprint density at radius 2 is 2.09 bits per heavy atom. The van der Waals surface area contributed by atoms with Gasteiger partial charge in [0.2, 0.25) is 5.95 Å². The maximum Gasteiger partial charge on any atom is 0.223 e. The number of rotatable bonds is 2. The van der Waals surface area contributed by atoms with Crippen LogP contribution in [0.15, 0.2) is 18.2 Å². The minimum atomic E-state index is 0.271. The summed E-state index contributed by atoms with van der Waals surface area (Å²) in [6.45, 7) is 2.97. The molecule has 1 saturated heterocycles. The summed E-state index contributed by atoms with van der Waals surface area (Å²) in [4.78, 5) is 14.3. The summed E-state index contributed by atoms with van der Waals surface area (Å²) in [6.07, 6.45) is 0. The third-order valence-corrected chi connectivity index (χ3v) is 3.97. The molecule has 1 aromatic carbocycles. The van der Waals surface area contributed by atoms with Gasteiger partial charge in [-0.2, -0.15) is 9.97 Å². The Morgan fingerprint density at radius 3 is 2.86 bits per heavy atom. The fourth-order valence-electron chi connectivity index (χ4n) is 2.90. The molecule has 1 fully saturated rings. The van der Waals surface area contributed by atoms with E-state index >= 15 is 0 Å². The van der Waals surface area contributed by atoms with Crippen molar-refractivity contribution in [3.8, 4) is 5.75 Å². The van der Waals surface area contributed by atoms with E-state index in [1.54, 1.807) is 7.11 Å². The van der Waals surface area contributed by atoms with Gasteiger partial charge in [0.1, 0.15) is 17.2 Å². The number of aromatic amines is 1. The number of aromatic nitrogens is 3. The number of nitrogens with one attached hydrogen (secondary N) is 1. The Bertz CT molecular complexity index is 839. The molecule has 2 aromatic heterocycles. The molecule has 3 heterocycles. The second-order valence-electron chi connectivity index (χ2n) is 5.26. The molecule has 1 aliphatic heterocycles. The van der Waals surface area contributed by atoms with Crippen LogP contribution in [0.3, 0.4) is 0 Å². The van der Waals surface area contributed by atoms with Gasteiger partial charge >= 0.3 is 0 Å². The number of methoxy groups -OCH3 is 1. The molecule has 4 rings (SSSR count). The van der Waals surface area contributed by atoms with E-state index in [0.717, 1.165) is 46.6 Å². The molecule has 3 aromatic rings. The van der Waals surface area contributed by atoms with Crippen LogP contribution >= 0.6 is 0 Å². The van der Waals surface area contributed by atoms with E-state index in [2.05, 4.69) is 19.9 Å². The third kappa shape index (κ3) is 2.01. The lowest BCUT2D eigenvalue weighted by molar-refractivity contribution is 0.122. The first kappa shape index (κ1) is 13.1. The molecule has 114 valence electrons. The van der Waals surface area contributed by atoms with E-state index in [9.17, 15) is 0 Å². The first-order valence-electron chi connectivity index (χ1n) is 7.22. The molecular formula is C15H17N5O2. The molecule has 0 radical (unpaired) electrons. The van der Waals surface area contributed by atoms with Crippen molar-refractivity contribution in [2.75, 3.05) is 44.0 Å². The average molecular weight is 299 g/mol. The smallest absolute Gasteiger partial charge is 0.223 e. The molecule has 0 bridgehead atoms. The molecular weight excluding hydrogens is 282 g/mol. The van der Waals surface area contributed by atoms with Crippen LogP contribution in [-0.4, -0.2) is 48.4 Å². The van der Waals surface area contributed by atoms with Crippen LogP contribution in [-0.2, 0) is 4.74 Å². The Morgan fingerprint density at radius 1 is 1.27 bits per heavy atom. The van der Waals surface area contributed by atoms with E-state index in [1.165, 1.54) is 0 Å². The van der Waals surface area contributed by atoms with Gasteiger partial charge in [-0.25, -0.2) is 0 Å². The van der Waals surface area contributed by atoms with Crippen LogP contribution in [0, 0.1) is 0 Å². The summed E-state index contributed by atoms with van der Waals surface area (Å²) in [5, 5.41) is 2.01. The van der Waals surface area contributed by atoms with Gasteiger partial charge in [-0.05, 0) is 18.2 Å². The van der Waals surface area contributed by atoms with Crippen LogP contribution in [0.1, 0.15) is 0 Å². The van der Waals surface area contributed by atoms with Gasteiger partial charge < -0.3 is 25.1 Å². The highest BCUT2D eigenvalue weighted by molar-refractivity contribution is 6.12. The fraction of sp³-hybridized carbons (Fsp3) is 0.333. The van der Waals surface area contributed by atoms with Crippen molar-refractivity contribution in [1.29, 1.82) is 0 Å². The number of nitrogen functional groups attached to an aromatic ring is 1. The van der Waals surface area contributed by atoms with Crippen molar-refractivity contribution >= 4 is 33.7 Å². The highest BCUT2D eigenvalue weighted by Crippen LogP contribution is 2.34. The van der Waals surface area contributed by atoms with E-state index in [0.29, 0.717) is 13.2 Å². The molecule has 7 nitrogen and oxygen atoms in total. The summed E-state index contributed by atoms with van der Waals surface area (Å²) in [7, 11) is 1.66. The standard InChI is InChI=1S/C15H17N5O2/c1-21-9-2-3-11-10(8-9)12-13(17-11)18-15(16)19-14(12)20-4-6-22-7-5-20/h2-3,8H,4-7H2,1H3,(H3,16,17,18,19). The zero-order valence-corrected chi connectivity index (χ0v) is 12.3. The molecule has 7 heteroatoms. The van der Waals surface area contributed by atoms with Crippen molar-refractivity contribution in [2.45, 2.75) is 0 Å². The van der Waals surface area contributed by atoms with Gasteiger partial charge in [-0.3, -0.25) is 0 Å². The minimum absolute atomic E-state index is 0.271. The van der Waals surface area contributed by atoms with Gasteiger partial charge in [0, 0.05) is 24.0 Å². The minimum Gasteiger partial charge on any atom is -0.497 e. The van der Waals surface area contributed by atoms with E-state index in [4.69, 9.17) is 15.2 Å². The quantitative estimate of drug-likeness (QED) is 0.746. The normalized spacial score (nSPS) is 15.6. The summed E-state index contributed by atoms with van der Waals surface area (Å²) in [5.41, 5.74) is 7.62. The molecule has 1 aliphatic rings. The number of benzene rings is 1. The molecule has 0 saturated carbocycles. The fourth-order valence-corrected chi connectivity index (χ4v) is 2.90. The largest absolute Gasteiger partial charge is 0.497 e. The number of H-pyrrole nitrogens is 1. The molecule has 0 atom stereocenters. The van der Waals surface area contributed by atoms with Gasteiger partial charge in [0.15, 0.2) is 0 Å². The molecule has 22 heavy (non-hydrogen) atoms. The topological polar surface area (TPSA) is 89.3 Å². The predicted octanol–water partition coefficient (Wildman–Crippen LogP) is 1.54. The Hall–Kier alpha value is -2.54. The summed E-state index contributed by atoms with van der Waals surface area (Å²) in [6, 6.07) is 5.90. The number of fused-ring (bicyclic) bond motifs is 3. The SMILES string of the molecule is COc1ccc2[nH]c3nc(N)nc(N4CCOCC4)c3c2c1. The zero-order chi connectivity index (χ0) is 15.1. The highest BCUT2D eigenvalue weighted by Gasteiger charge is 2.20. The van der Waals surface area contributed by atoms with Crippen molar-refractivity contribution in [3.05, 3.63) is 18.2 Å². The van der Waals surface area contributed by atoms with Gasteiger partial charge in [0.05, 0.1) is 25.7 Å². The lowest BCUT2D eigenvalue weighted by Crippen LogP contribution is -2.37. The zero-order valence-electron chi connectivity index (χ0n) is 12.3. The number of hydrogen-bond donors (Lipinski definition) is 2. The number of morpholine rings is 1. The first-order chi connectivity index (χ1) is 10.8. The summed E-state index contributed by atoms with van der Waals surface area (Å²) < 4.78 is 10.8. The van der Waals surface area contributed by atoms with Crippen molar-refractivity contribution in [2.24, 2.45) is 0 Å². The number of ether oxygens (including phenoxy) is 2. The molecule has 3 N–H and O–H groups in total. The Kier molecular flexibility index (Phi) is 3.00. The van der Waals surface area contributed by atoms with E-state index in [1.807, 2.05) is 18.2 Å². The van der Waals surface area contributed by atoms with E-state index < -0.39 is 0 Å². The summed E-state index contributed by atoms with van der Waals surface area (Å²) >= 11 is 0. The number of nitrogens with two attached hydrogens (primary N) is 1. The van der Waals surface area contributed by atoms with Gasteiger partial charge in [-0.15, -0.1) is 0 Å². The Labute approximate surface area is 127 Å². The van der Waals surface area contributed by atoms with E-state index in [-0.39, 0.29) is 5.95 Å². The van der Waals surface area contributed by atoms with Crippen LogP contribution in [0.4, 0.5) is 11.8 Å². The Balaban J connectivity index is 2.00. The van der Waals surface area contributed by atoms with Crippen LogP contribution in [0.5, 0.6) is 5.75 Å². The van der Waals surface area contributed by atoms with Crippen molar-refractivity contribution in [3.63, 3.8) is 0 Å².